The summed E-state index contributed by atoms with van der Waals surface area (Å²) in [5.41, 5.74) is 1.43. The molecule has 0 unspecified atom stereocenters. The van der Waals surface area contributed by atoms with Gasteiger partial charge in [-0.2, -0.15) is 0 Å². The molecule has 5 heteroatoms. The minimum Gasteiger partial charge on any atom is -0.497 e. The first-order valence-electron chi connectivity index (χ1n) is 7.90. The molecule has 0 bridgehead atoms. The Morgan fingerprint density at radius 3 is 2.46 bits per heavy atom. The second-order valence-electron chi connectivity index (χ2n) is 5.50. The van der Waals surface area contributed by atoms with Gasteiger partial charge in [0, 0.05) is 25.1 Å². The third-order valence-electron chi connectivity index (χ3n) is 3.59. The molecule has 1 rings (SSSR count). The summed E-state index contributed by atoms with van der Waals surface area (Å²) >= 11 is 0. The summed E-state index contributed by atoms with van der Waals surface area (Å²) in [6.45, 7) is 8.53. The van der Waals surface area contributed by atoms with Gasteiger partial charge in [-0.1, -0.05) is 24.8 Å². The zero-order valence-corrected chi connectivity index (χ0v) is 14.2. The molecule has 24 heavy (non-hydrogen) atoms. The molecule has 0 aliphatic carbocycles. The van der Waals surface area contributed by atoms with Crippen LogP contribution in [0.15, 0.2) is 49.1 Å². The van der Waals surface area contributed by atoms with Gasteiger partial charge < -0.3 is 14.7 Å². The number of carboxylic acid groups (broad SMARTS) is 1. The highest BCUT2D eigenvalue weighted by atomic mass is 16.5. The molecule has 130 valence electrons. The third-order valence-corrected chi connectivity index (χ3v) is 3.59. The van der Waals surface area contributed by atoms with E-state index in [1.54, 1.807) is 18.1 Å². The summed E-state index contributed by atoms with van der Waals surface area (Å²) in [5, 5.41) is 8.68. The Balaban J connectivity index is 2.71. The van der Waals surface area contributed by atoms with Gasteiger partial charge in [-0.15, -0.1) is 6.58 Å². The first-order chi connectivity index (χ1) is 11.5. The van der Waals surface area contributed by atoms with Crippen LogP contribution in [0.1, 0.15) is 31.2 Å². The van der Waals surface area contributed by atoms with E-state index in [1.807, 2.05) is 24.3 Å². The standard InChI is InChI=1S/C19H25NO4/c1-4-5-13-20(14-16-9-11-17(24-3)12-10-16)19(23)15(2)7-6-8-18(21)22/h4,9-12H,1-2,5-8,13-14H2,3H3,(H,21,22). The molecule has 1 amide bonds. The summed E-state index contributed by atoms with van der Waals surface area (Å²) in [5.74, 6) is -0.240. The van der Waals surface area contributed by atoms with Gasteiger partial charge in [-0.3, -0.25) is 9.59 Å². The van der Waals surface area contributed by atoms with Crippen LogP contribution in [-0.2, 0) is 16.1 Å². The fraction of sp³-hybridized carbons (Fsp3) is 0.368. The Hall–Kier alpha value is -2.56. The maximum Gasteiger partial charge on any atom is 0.303 e. The highest BCUT2D eigenvalue weighted by molar-refractivity contribution is 5.92. The van der Waals surface area contributed by atoms with Crippen molar-refractivity contribution in [1.29, 1.82) is 0 Å². The van der Waals surface area contributed by atoms with Crippen molar-refractivity contribution in [3.63, 3.8) is 0 Å². The van der Waals surface area contributed by atoms with Crippen LogP contribution in [-0.4, -0.2) is 35.5 Å². The van der Waals surface area contributed by atoms with E-state index in [0.29, 0.717) is 37.9 Å². The smallest absolute Gasteiger partial charge is 0.303 e. The van der Waals surface area contributed by atoms with Crippen LogP contribution in [0, 0.1) is 0 Å². The van der Waals surface area contributed by atoms with Gasteiger partial charge in [-0.05, 0) is 37.0 Å². The van der Waals surface area contributed by atoms with E-state index in [1.165, 1.54) is 0 Å². The molecule has 0 aromatic heterocycles. The predicted octanol–water partition coefficient (Wildman–Crippen LogP) is 3.41. The van der Waals surface area contributed by atoms with Crippen molar-refractivity contribution in [2.45, 2.75) is 32.2 Å². The van der Waals surface area contributed by atoms with Gasteiger partial charge in [0.15, 0.2) is 0 Å². The van der Waals surface area contributed by atoms with Crippen LogP contribution in [0.2, 0.25) is 0 Å². The number of hydrogen-bond acceptors (Lipinski definition) is 3. The Kier molecular flexibility index (Phi) is 8.33. The molecule has 1 aromatic rings. The van der Waals surface area contributed by atoms with Crippen LogP contribution < -0.4 is 4.74 Å². The third kappa shape index (κ3) is 6.69. The minimum absolute atomic E-state index is 0.0391. The Morgan fingerprint density at radius 2 is 1.92 bits per heavy atom. The van der Waals surface area contributed by atoms with Gasteiger partial charge in [-0.25, -0.2) is 0 Å². The van der Waals surface area contributed by atoms with Crippen molar-refractivity contribution in [3.05, 3.63) is 54.6 Å². The lowest BCUT2D eigenvalue weighted by atomic mass is 10.1. The molecule has 0 spiro atoms. The van der Waals surface area contributed by atoms with Gasteiger partial charge in [0.1, 0.15) is 5.75 Å². The molecule has 0 saturated carbocycles. The second kappa shape index (κ2) is 10.3. The molecule has 0 aliphatic rings. The number of carbonyl (C=O) groups excluding carboxylic acids is 1. The highest BCUT2D eigenvalue weighted by Gasteiger charge is 2.17. The normalized spacial score (nSPS) is 10.0. The molecule has 5 nitrogen and oxygen atoms in total. The van der Waals surface area contributed by atoms with Gasteiger partial charge in [0.25, 0.3) is 0 Å². The van der Waals surface area contributed by atoms with E-state index in [-0.39, 0.29) is 12.3 Å². The monoisotopic (exact) mass is 331 g/mol. The fourth-order valence-electron chi connectivity index (χ4n) is 2.23. The summed E-state index contributed by atoms with van der Waals surface area (Å²) < 4.78 is 5.13. The van der Waals surface area contributed by atoms with Crippen molar-refractivity contribution >= 4 is 11.9 Å². The van der Waals surface area contributed by atoms with Crippen LogP contribution in [0.5, 0.6) is 5.75 Å². The molecule has 0 fully saturated rings. The average Bonchev–Trinajstić information content (AvgIpc) is 2.58. The maximum absolute atomic E-state index is 12.6. The Bertz CT molecular complexity index is 578. The van der Waals surface area contributed by atoms with E-state index >= 15 is 0 Å². The summed E-state index contributed by atoms with van der Waals surface area (Å²) in [4.78, 5) is 24.9. The number of carbonyl (C=O) groups is 2. The van der Waals surface area contributed by atoms with Gasteiger partial charge >= 0.3 is 5.97 Å². The summed E-state index contributed by atoms with van der Waals surface area (Å²) in [6, 6.07) is 7.54. The van der Waals surface area contributed by atoms with Crippen molar-refractivity contribution in [2.24, 2.45) is 0 Å². The molecule has 1 N–H and O–H groups in total. The molecule has 1 aromatic carbocycles. The summed E-state index contributed by atoms with van der Waals surface area (Å²) in [7, 11) is 1.61. The fourth-order valence-corrected chi connectivity index (χ4v) is 2.23. The lowest BCUT2D eigenvalue weighted by Gasteiger charge is -2.23. The lowest BCUT2D eigenvalue weighted by molar-refractivity contribution is -0.137. The van der Waals surface area contributed by atoms with E-state index in [4.69, 9.17) is 9.84 Å². The number of benzene rings is 1. The molecule has 0 atom stereocenters. The number of amides is 1. The van der Waals surface area contributed by atoms with Gasteiger partial charge in [0.2, 0.25) is 5.91 Å². The van der Waals surface area contributed by atoms with Crippen LogP contribution in [0.4, 0.5) is 0 Å². The van der Waals surface area contributed by atoms with Crippen molar-refractivity contribution < 1.29 is 19.4 Å². The number of carboxylic acids is 1. The number of aliphatic carboxylic acids is 1. The molecular weight excluding hydrogens is 306 g/mol. The molecule has 0 heterocycles. The zero-order valence-electron chi connectivity index (χ0n) is 14.2. The number of methoxy groups -OCH3 is 1. The van der Waals surface area contributed by atoms with Crippen molar-refractivity contribution in [2.75, 3.05) is 13.7 Å². The quantitative estimate of drug-likeness (QED) is 0.498. The average molecular weight is 331 g/mol. The number of rotatable bonds is 11. The predicted molar refractivity (Wildman–Crippen MR) is 93.9 cm³/mol. The first-order valence-corrected chi connectivity index (χ1v) is 7.90. The maximum atomic E-state index is 12.6. The van der Waals surface area contributed by atoms with Crippen LogP contribution in [0.3, 0.4) is 0 Å². The van der Waals surface area contributed by atoms with Gasteiger partial charge in [0.05, 0.1) is 7.11 Å². The second-order valence-corrected chi connectivity index (χ2v) is 5.50. The van der Waals surface area contributed by atoms with E-state index in [2.05, 4.69) is 13.2 Å². The van der Waals surface area contributed by atoms with Crippen molar-refractivity contribution in [1.82, 2.24) is 4.90 Å². The van der Waals surface area contributed by atoms with Crippen LogP contribution in [0.25, 0.3) is 0 Å². The lowest BCUT2D eigenvalue weighted by Crippen LogP contribution is -2.32. The van der Waals surface area contributed by atoms with E-state index in [0.717, 1.165) is 11.3 Å². The van der Waals surface area contributed by atoms with Crippen molar-refractivity contribution in [3.8, 4) is 5.75 Å². The van der Waals surface area contributed by atoms with E-state index < -0.39 is 5.97 Å². The SMILES string of the molecule is C=CCCN(Cc1ccc(OC)cc1)C(=O)C(=C)CCCC(=O)O. The molecule has 0 radical (unpaired) electrons. The summed E-state index contributed by atoms with van der Waals surface area (Å²) in [6.07, 6.45) is 3.29. The topological polar surface area (TPSA) is 66.8 Å². The van der Waals surface area contributed by atoms with E-state index in [9.17, 15) is 9.59 Å². The largest absolute Gasteiger partial charge is 0.497 e. The molecule has 0 saturated heterocycles. The molecular formula is C19H25NO4. The number of ether oxygens (including phenoxy) is 1. The zero-order chi connectivity index (χ0) is 17.9. The molecule has 0 aliphatic heterocycles. The van der Waals surface area contributed by atoms with Crippen LogP contribution >= 0.6 is 0 Å². The number of nitrogens with zero attached hydrogens (tertiary/aromatic N) is 1. The first kappa shape index (κ1) is 19.5. The highest BCUT2D eigenvalue weighted by Crippen LogP contribution is 2.16. The Morgan fingerprint density at radius 1 is 1.25 bits per heavy atom. The Labute approximate surface area is 143 Å². The minimum atomic E-state index is -0.864. The number of hydrogen-bond donors (Lipinski definition) is 1.